The number of carbonyl (C=O) groups excluding carboxylic acids is 1. The molecule has 0 unspecified atom stereocenters. The minimum Gasteiger partial charge on any atom is -0.385 e. The Morgan fingerprint density at radius 3 is 2.56 bits per heavy atom. The summed E-state index contributed by atoms with van der Waals surface area (Å²) in [6.07, 6.45) is 5.62. The molecule has 2 heterocycles. The third-order valence-corrected chi connectivity index (χ3v) is 4.88. The van der Waals surface area contributed by atoms with Crippen molar-refractivity contribution in [2.24, 2.45) is 5.92 Å². The van der Waals surface area contributed by atoms with Gasteiger partial charge in [-0.25, -0.2) is 0 Å². The summed E-state index contributed by atoms with van der Waals surface area (Å²) >= 11 is 6.10. The van der Waals surface area contributed by atoms with E-state index < -0.39 is 0 Å². The van der Waals surface area contributed by atoms with E-state index in [2.05, 4.69) is 15.6 Å². The number of carbonyl (C=O) groups is 1. The number of para-hydroxylation sites is 1. The van der Waals surface area contributed by atoms with E-state index in [0.717, 1.165) is 43.9 Å². The molecule has 1 fully saturated rings. The maximum atomic E-state index is 12.4. The minimum atomic E-state index is 0.125. The van der Waals surface area contributed by atoms with Gasteiger partial charge in [0.25, 0.3) is 0 Å². The van der Waals surface area contributed by atoms with Gasteiger partial charge in [-0.1, -0.05) is 23.7 Å². The number of hydrogen-bond acceptors (Lipinski definition) is 4. The number of anilines is 2. The van der Waals surface area contributed by atoms with Crippen LogP contribution in [0.2, 0.25) is 5.02 Å². The molecular formula is C19H23ClN4O. The summed E-state index contributed by atoms with van der Waals surface area (Å²) < 4.78 is 0. The molecule has 2 N–H and O–H groups in total. The van der Waals surface area contributed by atoms with Gasteiger partial charge in [0.05, 0.1) is 17.3 Å². The topological polar surface area (TPSA) is 57.3 Å². The third-order valence-electron chi connectivity index (χ3n) is 4.55. The van der Waals surface area contributed by atoms with E-state index in [9.17, 15) is 4.79 Å². The summed E-state index contributed by atoms with van der Waals surface area (Å²) in [6.45, 7) is 2.84. The molecule has 0 aliphatic carbocycles. The van der Waals surface area contributed by atoms with Crippen LogP contribution in [0, 0.1) is 5.92 Å². The first-order valence-electron chi connectivity index (χ1n) is 8.62. The van der Waals surface area contributed by atoms with Crippen LogP contribution in [-0.4, -0.2) is 42.0 Å². The second-order valence-corrected chi connectivity index (χ2v) is 6.68. The Kier molecular flexibility index (Phi) is 6.12. The maximum absolute atomic E-state index is 12.4. The van der Waals surface area contributed by atoms with Crippen LogP contribution in [-0.2, 0) is 4.79 Å². The van der Waals surface area contributed by atoms with E-state index in [1.165, 1.54) is 0 Å². The van der Waals surface area contributed by atoms with Crippen molar-refractivity contribution in [2.75, 3.05) is 36.8 Å². The van der Waals surface area contributed by atoms with Crippen LogP contribution < -0.4 is 10.6 Å². The van der Waals surface area contributed by atoms with Gasteiger partial charge in [-0.05, 0) is 43.0 Å². The highest BCUT2D eigenvalue weighted by Crippen LogP contribution is 2.21. The van der Waals surface area contributed by atoms with Crippen molar-refractivity contribution in [2.45, 2.75) is 12.8 Å². The quantitative estimate of drug-likeness (QED) is 0.829. The molecule has 25 heavy (non-hydrogen) atoms. The molecule has 1 aliphatic rings. The van der Waals surface area contributed by atoms with E-state index >= 15 is 0 Å². The number of amides is 1. The fraction of sp³-hybridized carbons (Fsp3) is 0.368. The Morgan fingerprint density at radius 1 is 1.12 bits per heavy atom. The molecule has 2 aromatic rings. The Morgan fingerprint density at radius 2 is 1.84 bits per heavy atom. The summed E-state index contributed by atoms with van der Waals surface area (Å²) in [4.78, 5) is 18.3. The van der Waals surface area contributed by atoms with Crippen molar-refractivity contribution in [1.82, 2.24) is 9.88 Å². The van der Waals surface area contributed by atoms with Crippen LogP contribution in [0.15, 0.2) is 48.8 Å². The van der Waals surface area contributed by atoms with Crippen LogP contribution in [0.3, 0.4) is 0 Å². The zero-order valence-electron chi connectivity index (χ0n) is 14.1. The van der Waals surface area contributed by atoms with Gasteiger partial charge in [0, 0.05) is 37.7 Å². The van der Waals surface area contributed by atoms with Crippen molar-refractivity contribution >= 4 is 28.9 Å². The molecule has 132 valence electrons. The number of pyridine rings is 1. The van der Waals surface area contributed by atoms with E-state index in [1.807, 2.05) is 41.3 Å². The fourth-order valence-electron chi connectivity index (χ4n) is 3.01. The van der Waals surface area contributed by atoms with Crippen LogP contribution in [0.1, 0.15) is 12.8 Å². The highest BCUT2D eigenvalue weighted by molar-refractivity contribution is 6.33. The molecule has 1 aromatic heterocycles. The smallest absolute Gasteiger partial charge is 0.241 e. The maximum Gasteiger partial charge on any atom is 0.241 e. The SMILES string of the molecule is O=C(CNc1ccccc1Cl)N1CCC(CNc2ccncc2)CC1. The van der Waals surface area contributed by atoms with Gasteiger partial charge in [0.1, 0.15) is 0 Å². The lowest BCUT2D eigenvalue weighted by atomic mass is 9.96. The standard InChI is InChI=1S/C19H23ClN4O/c20-17-3-1-2-4-18(17)23-14-19(25)24-11-7-15(8-12-24)13-22-16-5-9-21-10-6-16/h1-6,9-10,15,23H,7-8,11-14H2,(H,21,22). The predicted molar refractivity (Wildman–Crippen MR) is 102 cm³/mol. The summed E-state index contributed by atoms with van der Waals surface area (Å²) in [5.74, 6) is 0.717. The molecule has 0 atom stereocenters. The Bertz CT molecular complexity index is 687. The van der Waals surface area contributed by atoms with E-state index in [-0.39, 0.29) is 12.5 Å². The van der Waals surface area contributed by atoms with Gasteiger partial charge in [-0.2, -0.15) is 0 Å². The van der Waals surface area contributed by atoms with Gasteiger partial charge in [0.15, 0.2) is 0 Å². The largest absolute Gasteiger partial charge is 0.385 e. The Labute approximate surface area is 153 Å². The highest BCUT2D eigenvalue weighted by atomic mass is 35.5. The molecule has 1 aliphatic heterocycles. The average molecular weight is 359 g/mol. The molecule has 0 bridgehead atoms. The molecule has 1 amide bonds. The summed E-state index contributed by atoms with van der Waals surface area (Å²) in [5, 5.41) is 7.20. The van der Waals surface area contributed by atoms with E-state index in [0.29, 0.717) is 10.9 Å². The van der Waals surface area contributed by atoms with E-state index in [4.69, 9.17) is 11.6 Å². The Hall–Kier alpha value is -2.27. The monoisotopic (exact) mass is 358 g/mol. The van der Waals surface area contributed by atoms with Gasteiger partial charge in [-0.15, -0.1) is 0 Å². The fourth-order valence-corrected chi connectivity index (χ4v) is 3.21. The number of aromatic nitrogens is 1. The highest BCUT2D eigenvalue weighted by Gasteiger charge is 2.22. The van der Waals surface area contributed by atoms with Crippen molar-refractivity contribution in [3.63, 3.8) is 0 Å². The second kappa shape index (κ2) is 8.72. The van der Waals surface area contributed by atoms with Crippen molar-refractivity contribution in [3.8, 4) is 0 Å². The van der Waals surface area contributed by atoms with Gasteiger partial charge in [-0.3, -0.25) is 9.78 Å². The molecule has 6 heteroatoms. The number of piperidine rings is 1. The predicted octanol–water partition coefficient (Wildman–Crippen LogP) is 3.50. The lowest BCUT2D eigenvalue weighted by molar-refractivity contribution is -0.130. The molecule has 0 saturated carbocycles. The van der Waals surface area contributed by atoms with Crippen molar-refractivity contribution in [1.29, 1.82) is 0 Å². The summed E-state index contributed by atoms with van der Waals surface area (Å²) in [6, 6.07) is 11.4. The molecule has 3 rings (SSSR count). The van der Waals surface area contributed by atoms with E-state index in [1.54, 1.807) is 12.4 Å². The average Bonchev–Trinajstić information content (AvgIpc) is 2.67. The number of nitrogens with one attached hydrogen (secondary N) is 2. The molecular weight excluding hydrogens is 336 g/mol. The lowest BCUT2D eigenvalue weighted by Crippen LogP contribution is -2.42. The number of hydrogen-bond donors (Lipinski definition) is 2. The number of halogens is 1. The molecule has 1 saturated heterocycles. The second-order valence-electron chi connectivity index (χ2n) is 6.27. The number of likely N-dealkylation sites (tertiary alicyclic amines) is 1. The third kappa shape index (κ3) is 5.10. The van der Waals surface area contributed by atoms with Gasteiger partial charge < -0.3 is 15.5 Å². The molecule has 0 spiro atoms. The Balaban J connectivity index is 1.39. The van der Waals surface area contributed by atoms with Crippen molar-refractivity contribution in [3.05, 3.63) is 53.8 Å². The first-order valence-corrected chi connectivity index (χ1v) is 9.00. The first-order chi connectivity index (χ1) is 12.2. The summed E-state index contributed by atoms with van der Waals surface area (Å²) in [7, 11) is 0. The zero-order valence-corrected chi connectivity index (χ0v) is 14.9. The van der Waals surface area contributed by atoms with Crippen LogP contribution in [0.25, 0.3) is 0 Å². The van der Waals surface area contributed by atoms with Crippen LogP contribution >= 0.6 is 11.6 Å². The first kappa shape index (κ1) is 17.5. The molecule has 1 aromatic carbocycles. The van der Waals surface area contributed by atoms with Crippen molar-refractivity contribution < 1.29 is 4.79 Å². The normalized spacial score (nSPS) is 15.0. The number of nitrogens with zero attached hydrogens (tertiary/aromatic N) is 2. The summed E-state index contributed by atoms with van der Waals surface area (Å²) in [5.41, 5.74) is 1.89. The lowest BCUT2D eigenvalue weighted by Gasteiger charge is -2.32. The molecule has 0 radical (unpaired) electrons. The van der Waals surface area contributed by atoms with Crippen LogP contribution in [0.5, 0.6) is 0 Å². The van der Waals surface area contributed by atoms with Gasteiger partial charge in [0.2, 0.25) is 5.91 Å². The number of rotatable bonds is 6. The van der Waals surface area contributed by atoms with Gasteiger partial charge >= 0.3 is 0 Å². The molecule has 5 nitrogen and oxygen atoms in total. The minimum absolute atomic E-state index is 0.125. The number of benzene rings is 1. The zero-order chi connectivity index (χ0) is 17.5. The van der Waals surface area contributed by atoms with Crippen LogP contribution in [0.4, 0.5) is 11.4 Å².